The fourth-order valence-electron chi connectivity index (χ4n) is 3.04. The van der Waals surface area contributed by atoms with E-state index in [9.17, 15) is 9.90 Å². The molecule has 1 aromatic carbocycles. The first-order valence-electron chi connectivity index (χ1n) is 7.82. The normalized spacial score (nSPS) is 15.2. The Hall–Kier alpha value is -2.27. The number of fused-ring (bicyclic) bond motifs is 1. The van der Waals surface area contributed by atoms with Gasteiger partial charge in [0.2, 0.25) is 5.43 Å². The van der Waals surface area contributed by atoms with Gasteiger partial charge in [-0.25, -0.2) is 0 Å². The molecule has 0 atom stereocenters. The number of phenolic OH excluding ortho intramolecular Hbond substituents is 1. The number of rotatable bonds is 2. The summed E-state index contributed by atoms with van der Waals surface area (Å²) in [6.45, 7) is 1.88. The van der Waals surface area contributed by atoms with Crippen LogP contribution in [-0.2, 0) is 0 Å². The molecule has 1 aliphatic rings. The minimum atomic E-state index is 0.0156. The maximum absolute atomic E-state index is 12.4. The van der Waals surface area contributed by atoms with Crippen LogP contribution in [0, 0.1) is 0 Å². The van der Waals surface area contributed by atoms with Crippen LogP contribution in [0.1, 0.15) is 19.3 Å². The molecule has 3 heterocycles. The highest BCUT2D eigenvalue weighted by Crippen LogP contribution is 2.35. The molecule has 0 spiro atoms. The van der Waals surface area contributed by atoms with Crippen molar-refractivity contribution in [3.05, 3.63) is 45.9 Å². The van der Waals surface area contributed by atoms with E-state index in [1.54, 1.807) is 18.2 Å². The van der Waals surface area contributed by atoms with E-state index < -0.39 is 0 Å². The standard InChI is InChI=1S/C18H17NO3S/c20-13-6-4-12(5-7-13)14-11-23-18-15(21)10-16(22-17(14)18)19-8-2-1-3-9-19/h4-7,10-11,20H,1-3,8-9H2. The molecule has 1 fully saturated rings. The van der Waals surface area contributed by atoms with Crippen molar-refractivity contribution in [2.24, 2.45) is 0 Å². The van der Waals surface area contributed by atoms with Crippen LogP contribution < -0.4 is 10.3 Å². The molecule has 1 saturated heterocycles. The first-order valence-corrected chi connectivity index (χ1v) is 8.70. The zero-order valence-corrected chi connectivity index (χ0v) is 13.4. The Bertz CT molecular complexity index is 889. The monoisotopic (exact) mass is 327 g/mol. The van der Waals surface area contributed by atoms with Gasteiger partial charge in [-0.15, -0.1) is 11.3 Å². The summed E-state index contributed by atoms with van der Waals surface area (Å²) in [6, 6.07) is 8.58. The predicted octanol–water partition coefficient (Wildman–Crippen LogP) is 4.22. The van der Waals surface area contributed by atoms with E-state index in [0.29, 0.717) is 16.2 Å². The van der Waals surface area contributed by atoms with Gasteiger partial charge >= 0.3 is 0 Å². The Kier molecular flexibility index (Phi) is 3.58. The summed E-state index contributed by atoms with van der Waals surface area (Å²) in [5, 5.41) is 11.4. The molecule has 0 saturated carbocycles. The summed E-state index contributed by atoms with van der Waals surface area (Å²) >= 11 is 1.41. The van der Waals surface area contributed by atoms with Crippen molar-refractivity contribution in [1.29, 1.82) is 0 Å². The molecular formula is C18H17NO3S. The van der Waals surface area contributed by atoms with Gasteiger partial charge in [0.15, 0.2) is 11.5 Å². The van der Waals surface area contributed by atoms with Crippen molar-refractivity contribution in [1.82, 2.24) is 0 Å². The molecule has 0 radical (unpaired) electrons. The molecule has 3 aromatic rings. The van der Waals surface area contributed by atoms with Gasteiger partial charge in [-0.1, -0.05) is 12.1 Å². The Morgan fingerprint density at radius 2 is 1.83 bits per heavy atom. The van der Waals surface area contributed by atoms with Crippen molar-refractivity contribution >= 4 is 27.5 Å². The van der Waals surface area contributed by atoms with Gasteiger partial charge in [0.25, 0.3) is 0 Å². The molecule has 1 aliphatic heterocycles. The van der Waals surface area contributed by atoms with E-state index in [-0.39, 0.29) is 11.2 Å². The Morgan fingerprint density at radius 1 is 1.09 bits per heavy atom. The van der Waals surface area contributed by atoms with Crippen molar-refractivity contribution in [2.75, 3.05) is 18.0 Å². The highest BCUT2D eigenvalue weighted by molar-refractivity contribution is 7.17. The summed E-state index contributed by atoms with van der Waals surface area (Å²) in [4.78, 5) is 14.6. The molecule has 0 amide bonds. The third kappa shape index (κ3) is 2.61. The second-order valence-electron chi connectivity index (χ2n) is 5.85. The van der Waals surface area contributed by atoms with E-state index in [0.717, 1.165) is 37.1 Å². The second-order valence-corrected chi connectivity index (χ2v) is 6.73. The van der Waals surface area contributed by atoms with Gasteiger partial charge in [-0.05, 0) is 37.0 Å². The SMILES string of the molecule is O=c1cc(N2CCCCC2)oc2c(-c3ccc(O)cc3)csc12. The Balaban J connectivity index is 1.84. The van der Waals surface area contributed by atoms with Crippen LogP contribution in [-0.4, -0.2) is 18.2 Å². The molecule has 0 unspecified atom stereocenters. The van der Waals surface area contributed by atoms with Crippen molar-refractivity contribution in [3.8, 4) is 16.9 Å². The smallest absolute Gasteiger partial charge is 0.204 e. The van der Waals surface area contributed by atoms with Gasteiger partial charge in [0.1, 0.15) is 10.4 Å². The molecule has 0 aliphatic carbocycles. The Morgan fingerprint density at radius 3 is 2.57 bits per heavy atom. The molecule has 5 heteroatoms. The summed E-state index contributed by atoms with van der Waals surface area (Å²) in [6.07, 6.45) is 3.51. The first-order chi connectivity index (χ1) is 11.2. The van der Waals surface area contributed by atoms with Gasteiger partial charge < -0.3 is 14.4 Å². The van der Waals surface area contributed by atoms with Crippen LogP contribution in [0.3, 0.4) is 0 Å². The highest BCUT2D eigenvalue weighted by atomic mass is 32.1. The van der Waals surface area contributed by atoms with Crippen molar-refractivity contribution in [3.63, 3.8) is 0 Å². The number of piperidine rings is 1. The van der Waals surface area contributed by atoms with E-state index >= 15 is 0 Å². The number of benzene rings is 1. The lowest BCUT2D eigenvalue weighted by Crippen LogP contribution is -2.29. The number of hydrogen-bond donors (Lipinski definition) is 1. The van der Waals surface area contributed by atoms with Gasteiger partial charge in [0, 0.05) is 30.1 Å². The molecule has 2 aromatic heterocycles. The second kappa shape index (κ2) is 5.74. The maximum Gasteiger partial charge on any atom is 0.204 e. The summed E-state index contributed by atoms with van der Waals surface area (Å²) in [5.74, 6) is 0.893. The number of thiophene rings is 1. The van der Waals surface area contributed by atoms with Crippen molar-refractivity contribution in [2.45, 2.75) is 19.3 Å². The van der Waals surface area contributed by atoms with Gasteiger partial charge in [-0.2, -0.15) is 0 Å². The quantitative estimate of drug-likeness (QED) is 0.766. The predicted molar refractivity (Wildman–Crippen MR) is 93.5 cm³/mol. The number of aromatic hydroxyl groups is 1. The molecule has 0 bridgehead atoms. The van der Waals surface area contributed by atoms with Crippen LogP contribution in [0.2, 0.25) is 0 Å². The number of hydrogen-bond acceptors (Lipinski definition) is 5. The fourth-order valence-corrected chi connectivity index (χ4v) is 3.95. The first kappa shape index (κ1) is 14.3. The molecule has 4 nitrogen and oxygen atoms in total. The highest BCUT2D eigenvalue weighted by Gasteiger charge is 2.18. The molecule has 23 heavy (non-hydrogen) atoms. The van der Waals surface area contributed by atoms with E-state index in [1.165, 1.54) is 17.8 Å². The minimum Gasteiger partial charge on any atom is -0.508 e. The zero-order chi connectivity index (χ0) is 15.8. The summed E-state index contributed by atoms with van der Waals surface area (Å²) < 4.78 is 6.76. The number of nitrogens with zero attached hydrogens (tertiary/aromatic N) is 1. The van der Waals surface area contributed by atoms with Crippen molar-refractivity contribution < 1.29 is 9.52 Å². The number of anilines is 1. The van der Waals surface area contributed by atoms with Crippen LogP contribution in [0.5, 0.6) is 5.75 Å². The zero-order valence-electron chi connectivity index (χ0n) is 12.6. The van der Waals surface area contributed by atoms with Crippen LogP contribution in [0.25, 0.3) is 21.4 Å². The third-order valence-electron chi connectivity index (χ3n) is 4.28. The molecule has 1 N–H and O–H groups in total. The Labute approximate surface area is 137 Å². The van der Waals surface area contributed by atoms with E-state index in [1.807, 2.05) is 17.5 Å². The van der Waals surface area contributed by atoms with Crippen LogP contribution in [0.15, 0.2) is 44.9 Å². The third-order valence-corrected chi connectivity index (χ3v) is 5.25. The lowest BCUT2D eigenvalue weighted by atomic mass is 10.1. The number of phenols is 1. The van der Waals surface area contributed by atoms with E-state index in [2.05, 4.69) is 4.90 Å². The fraction of sp³-hybridized carbons (Fsp3) is 0.278. The topological polar surface area (TPSA) is 53.7 Å². The minimum absolute atomic E-state index is 0.0156. The van der Waals surface area contributed by atoms with Gasteiger partial charge in [-0.3, -0.25) is 4.79 Å². The van der Waals surface area contributed by atoms with E-state index in [4.69, 9.17) is 4.42 Å². The average molecular weight is 327 g/mol. The maximum atomic E-state index is 12.4. The van der Waals surface area contributed by atoms with Gasteiger partial charge in [0.05, 0.1) is 0 Å². The lowest BCUT2D eigenvalue weighted by Gasteiger charge is -2.26. The molecular weight excluding hydrogens is 310 g/mol. The summed E-state index contributed by atoms with van der Waals surface area (Å²) in [7, 11) is 0. The average Bonchev–Trinajstić information content (AvgIpc) is 3.01. The molecule has 4 rings (SSSR count). The largest absolute Gasteiger partial charge is 0.508 e. The van der Waals surface area contributed by atoms with Crippen LogP contribution >= 0.6 is 11.3 Å². The lowest BCUT2D eigenvalue weighted by molar-refractivity contribution is 0.475. The molecule has 118 valence electrons. The summed E-state index contributed by atoms with van der Waals surface area (Å²) in [5.41, 5.74) is 2.50. The van der Waals surface area contributed by atoms with Crippen LogP contribution in [0.4, 0.5) is 5.88 Å².